The first-order valence-corrected chi connectivity index (χ1v) is 7.22. The molecule has 0 aliphatic heterocycles. The van der Waals surface area contributed by atoms with Gasteiger partial charge in [0.25, 0.3) is 0 Å². The maximum Gasteiger partial charge on any atom is 3.00 e. The third-order valence-electron chi connectivity index (χ3n) is 0. The summed E-state index contributed by atoms with van der Waals surface area (Å²) in [5.41, 5.74) is 0. The molecule has 86 valence electrons. The summed E-state index contributed by atoms with van der Waals surface area (Å²) in [6.45, 7) is 0. The Labute approximate surface area is 104 Å². The van der Waals surface area contributed by atoms with E-state index in [1.54, 1.807) is 0 Å². The second kappa shape index (κ2) is 19.4. The van der Waals surface area contributed by atoms with Crippen LogP contribution in [0.3, 0.4) is 0 Å². The first-order valence-electron chi connectivity index (χ1n) is 1.39. The number of hydrogen-bond donors (Lipinski definition) is 0. The number of rotatable bonds is 0. The Morgan fingerprint density at radius 1 is 0.385 bits per heavy atom. The zero-order valence-electron chi connectivity index (χ0n) is 5.11. The Morgan fingerprint density at radius 2 is 0.385 bits per heavy atom. The molecule has 0 N–H and O–H groups in total. The zero-order valence-corrected chi connectivity index (χ0v) is 11.3. The SMILES string of the molecule is [Ag+3].[O-][Br+2]([O-])[O-].[O-][Br+2]([O-])[O-].[O-][Br+2]([O-])[O-]. The van der Waals surface area contributed by atoms with Gasteiger partial charge >= 0.3 is 22.4 Å². The third-order valence-corrected chi connectivity index (χ3v) is 0. The Bertz CT molecular complexity index is 43.4. The van der Waals surface area contributed by atoms with Crippen LogP contribution in [0.5, 0.6) is 0 Å². The Hall–Kier alpha value is 1.82. The average molecular weight is 492 g/mol. The summed E-state index contributed by atoms with van der Waals surface area (Å²) in [6, 6.07) is 0. The van der Waals surface area contributed by atoms with E-state index in [1.165, 1.54) is 0 Å². The molecule has 0 saturated carbocycles. The second-order valence-corrected chi connectivity index (χ2v) is 2.95. The predicted octanol–water partition coefficient (Wildman–Crippen LogP) is -10.7. The fourth-order valence-electron chi connectivity index (χ4n) is 0. The fourth-order valence-corrected chi connectivity index (χ4v) is 0. The molecule has 0 radical (unpaired) electrons. The largest absolute Gasteiger partial charge is 3.00 e. The first kappa shape index (κ1) is 24.2. The van der Waals surface area contributed by atoms with Gasteiger partial charge < -0.3 is 37.8 Å². The molecule has 13 heavy (non-hydrogen) atoms. The van der Waals surface area contributed by atoms with Crippen LogP contribution in [-0.4, -0.2) is 0 Å². The van der Waals surface area contributed by atoms with E-state index in [9.17, 15) is 0 Å². The van der Waals surface area contributed by atoms with Crippen molar-refractivity contribution < 1.29 is 105 Å². The molecular weight excluding hydrogens is 492 g/mol. The summed E-state index contributed by atoms with van der Waals surface area (Å²) >= 11 is -10.9. The van der Waals surface area contributed by atoms with Crippen molar-refractivity contribution in [2.75, 3.05) is 0 Å². The van der Waals surface area contributed by atoms with E-state index in [0.29, 0.717) is 0 Å². The first-order chi connectivity index (χ1) is 5.20. The topological polar surface area (TPSA) is 208 Å². The molecule has 0 aromatic rings. The van der Waals surface area contributed by atoms with E-state index in [4.69, 9.17) is 37.8 Å². The molecule has 0 bridgehead atoms. The molecule has 0 rings (SSSR count). The van der Waals surface area contributed by atoms with Gasteiger partial charge in [-0.15, -0.1) is 0 Å². The zero-order chi connectivity index (χ0) is 10.7. The van der Waals surface area contributed by atoms with Gasteiger partial charge in [-0.3, -0.25) is 0 Å². The molecule has 0 spiro atoms. The van der Waals surface area contributed by atoms with Crippen LogP contribution in [0.2, 0.25) is 0 Å². The van der Waals surface area contributed by atoms with E-state index in [2.05, 4.69) is 0 Å². The average Bonchev–Trinajstić information content (AvgIpc) is 1.54. The van der Waals surface area contributed by atoms with Crippen molar-refractivity contribution in [1.29, 1.82) is 0 Å². The van der Waals surface area contributed by atoms with Crippen molar-refractivity contribution in [3.8, 4) is 0 Å². The Kier molecular flexibility index (Phi) is 36.1. The quantitative estimate of drug-likeness (QED) is 0.294. The monoisotopic (exact) mass is 488 g/mol. The van der Waals surface area contributed by atoms with Crippen LogP contribution in [0, 0.1) is 44.4 Å². The number of hydrogen-bond acceptors (Lipinski definition) is 9. The summed E-state index contributed by atoms with van der Waals surface area (Å²) < 4.78 is 76.7. The van der Waals surface area contributed by atoms with E-state index in [-0.39, 0.29) is 22.4 Å². The minimum Gasteiger partial charge on any atom is -0.405 e. The standard InChI is InChI=1S/Ag.3BrO3/c;3*2-1(3)4/q+3;3*-1. The second-order valence-electron chi connectivity index (χ2n) is 0.567. The van der Waals surface area contributed by atoms with Crippen molar-refractivity contribution in [1.82, 2.24) is 0 Å². The smallest absolute Gasteiger partial charge is 0.405 e. The van der Waals surface area contributed by atoms with Crippen LogP contribution in [0.1, 0.15) is 0 Å². The van der Waals surface area contributed by atoms with E-state index in [1.807, 2.05) is 0 Å². The fraction of sp³-hybridized carbons (Fsp3) is 0. The van der Waals surface area contributed by atoms with Crippen LogP contribution in [0.25, 0.3) is 0 Å². The van der Waals surface area contributed by atoms with Crippen LogP contribution < -0.4 is 37.8 Å². The third kappa shape index (κ3) is 583. The van der Waals surface area contributed by atoms with Crippen LogP contribution >= 0.6 is 0 Å². The van der Waals surface area contributed by atoms with Crippen molar-refractivity contribution in [2.24, 2.45) is 0 Å². The normalized spacial score (nSPS) is 8.31. The molecule has 0 aliphatic rings. The molecule has 13 heteroatoms. The van der Waals surface area contributed by atoms with Gasteiger partial charge in [0.05, 0.1) is 0 Å². The van der Waals surface area contributed by atoms with Crippen molar-refractivity contribution >= 4 is 0 Å². The minimum absolute atomic E-state index is 0. The number of halogens is 3. The van der Waals surface area contributed by atoms with Gasteiger partial charge in [0.2, 0.25) is 44.4 Å². The van der Waals surface area contributed by atoms with Crippen LogP contribution in [-0.2, 0) is 22.4 Å². The molecule has 0 unspecified atom stereocenters. The Balaban J connectivity index is -0.0000000450. The van der Waals surface area contributed by atoms with Gasteiger partial charge in [0, 0.05) is 0 Å². The van der Waals surface area contributed by atoms with Gasteiger partial charge in [-0.05, 0) is 0 Å². The van der Waals surface area contributed by atoms with Crippen LogP contribution in [0.15, 0.2) is 0 Å². The summed E-state index contributed by atoms with van der Waals surface area (Å²) in [6.07, 6.45) is 0. The molecule has 0 saturated heterocycles. The minimum atomic E-state index is -3.65. The van der Waals surface area contributed by atoms with Gasteiger partial charge in [-0.2, -0.15) is 0 Å². The molecule has 0 heterocycles. The van der Waals surface area contributed by atoms with Gasteiger partial charge in [-0.1, -0.05) is 0 Å². The predicted molar refractivity (Wildman–Crippen MR) is 0 cm³/mol. The molecule has 0 aliphatic carbocycles. The molecule has 0 fully saturated rings. The summed E-state index contributed by atoms with van der Waals surface area (Å²) in [4.78, 5) is 0. The maximum atomic E-state index is 8.52. The molecule has 0 atom stereocenters. The van der Waals surface area contributed by atoms with Crippen LogP contribution in [0.4, 0.5) is 0 Å². The molecule has 0 aromatic heterocycles. The van der Waals surface area contributed by atoms with Crippen molar-refractivity contribution in [2.45, 2.75) is 0 Å². The van der Waals surface area contributed by atoms with Gasteiger partial charge in [-0.25, -0.2) is 0 Å². The van der Waals surface area contributed by atoms with Gasteiger partial charge in [0.1, 0.15) is 0 Å². The summed E-state index contributed by atoms with van der Waals surface area (Å²) in [5.74, 6) is 0. The molecule has 0 amide bonds. The van der Waals surface area contributed by atoms with E-state index < -0.39 is 44.4 Å². The van der Waals surface area contributed by atoms with E-state index in [0.717, 1.165) is 0 Å². The molecule has 0 aromatic carbocycles. The summed E-state index contributed by atoms with van der Waals surface area (Å²) in [7, 11) is 0. The molecule has 9 nitrogen and oxygen atoms in total. The summed E-state index contributed by atoms with van der Waals surface area (Å²) in [5, 5.41) is 0. The molecular formula is AgBr3O9. The van der Waals surface area contributed by atoms with Crippen molar-refractivity contribution in [3.05, 3.63) is 0 Å². The van der Waals surface area contributed by atoms with Gasteiger partial charge in [0.15, 0.2) is 0 Å². The van der Waals surface area contributed by atoms with E-state index >= 15 is 0 Å². The maximum absolute atomic E-state index is 8.52. The Morgan fingerprint density at radius 3 is 0.385 bits per heavy atom. The van der Waals surface area contributed by atoms with Crippen molar-refractivity contribution in [3.63, 3.8) is 0 Å².